The van der Waals surface area contributed by atoms with Crippen molar-refractivity contribution in [2.45, 2.75) is 37.3 Å². The number of ether oxygens (including phenoxy) is 1. The van der Waals surface area contributed by atoms with E-state index in [0.29, 0.717) is 0 Å². The Hall–Kier alpha value is -1.49. The summed E-state index contributed by atoms with van der Waals surface area (Å²) >= 11 is 0. The fourth-order valence-electron chi connectivity index (χ4n) is 3.10. The predicted molar refractivity (Wildman–Crippen MR) is 80.0 cm³/mol. The molecule has 1 aliphatic rings. The molecule has 1 saturated carbocycles. The Labute approximate surface area is 119 Å². The summed E-state index contributed by atoms with van der Waals surface area (Å²) in [4.78, 5) is 4.51. The molecule has 0 amide bonds. The lowest BCUT2D eigenvalue weighted by Crippen LogP contribution is -2.44. The summed E-state index contributed by atoms with van der Waals surface area (Å²) in [5.41, 5.74) is 5.09. The van der Waals surface area contributed by atoms with Gasteiger partial charge in [0.15, 0.2) is 0 Å². The van der Waals surface area contributed by atoms with Gasteiger partial charge in [0.1, 0.15) is 0 Å². The summed E-state index contributed by atoms with van der Waals surface area (Å²) in [5, 5.41) is 1.14. The van der Waals surface area contributed by atoms with E-state index in [1.54, 1.807) is 7.11 Å². The molecule has 3 rings (SSSR count). The lowest BCUT2D eigenvalue weighted by atomic mass is 9.74. The van der Waals surface area contributed by atoms with Crippen LogP contribution in [0.15, 0.2) is 36.5 Å². The Bertz CT molecular complexity index is 584. The molecule has 1 heterocycles. The van der Waals surface area contributed by atoms with Crippen molar-refractivity contribution in [3.8, 4) is 0 Å². The zero-order valence-corrected chi connectivity index (χ0v) is 11.8. The first-order valence-corrected chi connectivity index (χ1v) is 7.13. The molecule has 4 heteroatoms. The van der Waals surface area contributed by atoms with Crippen LogP contribution in [0, 0.1) is 0 Å². The number of methoxy groups -OCH3 is 1. The topological polar surface area (TPSA) is 60.2 Å². The molecule has 3 N–H and O–H groups in total. The molecule has 0 bridgehead atoms. The Morgan fingerprint density at radius 1 is 1.35 bits per heavy atom. The molecule has 0 radical (unpaired) electrons. The van der Waals surface area contributed by atoms with Crippen LogP contribution in [-0.2, 0) is 4.74 Å². The van der Waals surface area contributed by atoms with Crippen LogP contribution >= 0.6 is 0 Å². The van der Waals surface area contributed by atoms with Gasteiger partial charge in [-0.3, -0.25) is 16.3 Å². The molecule has 1 aliphatic carbocycles. The zero-order chi connectivity index (χ0) is 14.0. The number of nitrogens with zero attached hydrogens (tertiary/aromatic N) is 1. The second kappa shape index (κ2) is 5.48. The van der Waals surface area contributed by atoms with E-state index in [1.165, 1.54) is 6.42 Å². The summed E-state index contributed by atoms with van der Waals surface area (Å²) in [7, 11) is 1.80. The lowest BCUT2D eigenvalue weighted by molar-refractivity contribution is -0.0837. The molecular weight excluding hydrogens is 250 g/mol. The largest absolute Gasteiger partial charge is 0.378 e. The van der Waals surface area contributed by atoms with Crippen molar-refractivity contribution >= 4 is 10.9 Å². The third-order valence-electron chi connectivity index (χ3n) is 4.51. The first kappa shape index (κ1) is 13.5. The smallest absolute Gasteiger partial charge is 0.0750 e. The molecule has 1 aromatic heterocycles. The molecule has 20 heavy (non-hydrogen) atoms. The van der Waals surface area contributed by atoms with Crippen molar-refractivity contribution in [3.63, 3.8) is 0 Å². The van der Waals surface area contributed by atoms with E-state index in [-0.39, 0.29) is 11.6 Å². The van der Waals surface area contributed by atoms with E-state index in [2.05, 4.69) is 34.7 Å². The molecule has 4 nitrogen and oxygen atoms in total. The SMILES string of the molecule is COC1(CC(NN)c2cccc3cccnc23)CCC1. The molecular formula is C16H21N3O. The minimum absolute atomic E-state index is 0.0199. The third kappa shape index (κ3) is 2.30. The summed E-state index contributed by atoms with van der Waals surface area (Å²) in [6.45, 7) is 0. The summed E-state index contributed by atoms with van der Waals surface area (Å²) in [5.74, 6) is 5.80. The number of fused-ring (bicyclic) bond motifs is 1. The van der Waals surface area contributed by atoms with E-state index in [9.17, 15) is 0 Å². The standard InChI is InChI=1S/C16H21N3O/c1-20-16(8-4-9-16)11-14(19-17)13-7-2-5-12-6-3-10-18-15(12)13/h2-3,5-7,10,14,19H,4,8-9,11,17H2,1H3. The van der Waals surface area contributed by atoms with Gasteiger partial charge in [0.05, 0.1) is 17.2 Å². The van der Waals surface area contributed by atoms with E-state index in [1.807, 2.05) is 12.3 Å². The molecule has 1 aromatic carbocycles. The van der Waals surface area contributed by atoms with E-state index >= 15 is 0 Å². The van der Waals surface area contributed by atoms with Gasteiger partial charge < -0.3 is 4.74 Å². The summed E-state index contributed by atoms with van der Waals surface area (Å²) < 4.78 is 5.72. The average molecular weight is 271 g/mol. The Balaban J connectivity index is 1.95. The number of hydrogen-bond acceptors (Lipinski definition) is 4. The zero-order valence-electron chi connectivity index (χ0n) is 11.8. The molecule has 0 aliphatic heterocycles. The van der Waals surface area contributed by atoms with E-state index in [0.717, 1.165) is 35.7 Å². The van der Waals surface area contributed by atoms with Gasteiger partial charge in [0, 0.05) is 18.7 Å². The normalized spacial score (nSPS) is 18.7. The maximum Gasteiger partial charge on any atom is 0.0750 e. The monoisotopic (exact) mass is 271 g/mol. The van der Waals surface area contributed by atoms with Gasteiger partial charge in [-0.05, 0) is 37.3 Å². The van der Waals surface area contributed by atoms with Crippen LogP contribution in [-0.4, -0.2) is 17.7 Å². The number of rotatable bonds is 5. The van der Waals surface area contributed by atoms with Crippen molar-refractivity contribution in [1.29, 1.82) is 0 Å². The Morgan fingerprint density at radius 3 is 2.80 bits per heavy atom. The van der Waals surface area contributed by atoms with Crippen molar-refractivity contribution in [3.05, 3.63) is 42.1 Å². The second-order valence-electron chi connectivity index (χ2n) is 5.59. The van der Waals surface area contributed by atoms with Crippen LogP contribution in [0.4, 0.5) is 0 Å². The third-order valence-corrected chi connectivity index (χ3v) is 4.51. The van der Waals surface area contributed by atoms with Crippen molar-refractivity contribution < 1.29 is 4.74 Å². The molecule has 1 fully saturated rings. The number of nitrogens with two attached hydrogens (primary N) is 1. The molecule has 1 unspecified atom stereocenters. The summed E-state index contributed by atoms with van der Waals surface area (Å²) in [6.07, 6.45) is 6.17. The van der Waals surface area contributed by atoms with Crippen LogP contribution < -0.4 is 11.3 Å². The average Bonchev–Trinajstić information content (AvgIpc) is 2.47. The minimum atomic E-state index is -0.0199. The predicted octanol–water partition coefficient (Wildman–Crippen LogP) is 2.70. The van der Waals surface area contributed by atoms with Crippen LogP contribution in [0.2, 0.25) is 0 Å². The molecule has 2 aromatic rings. The van der Waals surface area contributed by atoms with Crippen molar-refractivity contribution in [2.24, 2.45) is 5.84 Å². The highest BCUT2D eigenvalue weighted by atomic mass is 16.5. The van der Waals surface area contributed by atoms with Crippen molar-refractivity contribution in [1.82, 2.24) is 10.4 Å². The Morgan fingerprint density at radius 2 is 2.15 bits per heavy atom. The number of nitrogens with one attached hydrogen (secondary N) is 1. The number of aromatic nitrogens is 1. The van der Waals surface area contributed by atoms with Crippen LogP contribution in [0.25, 0.3) is 10.9 Å². The number of pyridine rings is 1. The van der Waals surface area contributed by atoms with Crippen LogP contribution in [0.5, 0.6) is 0 Å². The Kier molecular flexibility index (Phi) is 3.70. The fourth-order valence-corrected chi connectivity index (χ4v) is 3.10. The van der Waals surface area contributed by atoms with Gasteiger partial charge in [-0.1, -0.05) is 24.3 Å². The number of hydrogen-bond donors (Lipinski definition) is 2. The van der Waals surface area contributed by atoms with E-state index < -0.39 is 0 Å². The van der Waals surface area contributed by atoms with Gasteiger partial charge in [0.25, 0.3) is 0 Å². The number of benzene rings is 1. The number of hydrazine groups is 1. The maximum atomic E-state index is 5.80. The van der Waals surface area contributed by atoms with Crippen molar-refractivity contribution in [2.75, 3.05) is 7.11 Å². The molecule has 1 atom stereocenters. The molecule has 0 saturated heterocycles. The second-order valence-corrected chi connectivity index (χ2v) is 5.59. The maximum absolute atomic E-state index is 5.80. The van der Waals surface area contributed by atoms with Gasteiger partial charge in [-0.15, -0.1) is 0 Å². The first-order chi connectivity index (χ1) is 9.78. The fraction of sp³-hybridized carbons (Fsp3) is 0.438. The highest BCUT2D eigenvalue weighted by Crippen LogP contribution is 2.42. The van der Waals surface area contributed by atoms with Gasteiger partial charge in [-0.2, -0.15) is 0 Å². The van der Waals surface area contributed by atoms with Gasteiger partial charge >= 0.3 is 0 Å². The van der Waals surface area contributed by atoms with E-state index in [4.69, 9.17) is 10.6 Å². The minimum Gasteiger partial charge on any atom is -0.378 e. The highest BCUT2D eigenvalue weighted by Gasteiger charge is 2.39. The molecule has 106 valence electrons. The highest BCUT2D eigenvalue weighted by molar-refractivity contribution is 5.82. The first-order valence-electron chi connectivity index (χ1n) is 7.13. The van der Waals surface area contributed by atoms with Crippen LogP contribution in [0.1, 0.15) is 37.3 Å². The van der Waals surface area contributed by atoms with Crippen LogP contribution in [0.3, 0.4) is 0 Å². The molecule has 0 spiro atoms. The summed E-state index contributed by atoms with van der Waals surface area (Å²) in [6, 6.07) is 10.3. The number of para-hydroxylation sites is 1. The lowest BCUT2D eigenvalue weighted by Gasteiger charge is -2.42. The van der Waals surface area contributed by atoms with Gasteiger partial charge in [-0.25, -0.2) is 0 Å². The quantitative estimate of drug-likeness (QED) is 0.648. The van der Waals surface area contributed by atoms with Gasteiger partial charge in [0.2, 0.25) is 0 Å².